The highest BCUT2D eigenvalue weighted by Crippen LogP contribution is 2.13. The third kappa shape index (κ3) is 22.6. The number of aliphatic hydroxyl groups is 1. The van der Waals surface area contributed by atoms with E-state index >= 15 is 0 Å². The van der Waals surface area contributed by atoms with Crippen molar-refractivity contribution in [3.8, 4) is 0 Å². The molecule has 65 heavy (non-hydrogen) atoms. The lowest BCUT2D eigenvalue weighted by Gasteiger charge is -2.26. The molecule has 0 aromatic heterocycles. The fourth-order valence-corrected chi connectivity index (χ4v) is 6.38. The molecule has 0 saturated carbocycles. The molecule has 1 saturated heterocycles. The lowest BCUT2D eigenvalue weighted by Crippen LogP contribution is -2.57. The molecule has 0 bridgehead atoms. The van der Waals surface area contributed by atoms with Gasteiger partial charge in [0, 0.05) is 54.4 Å². The number of hydrogen-bond acceptors (Lipinski definition) is 15. The lowest BCUT2D eigenvalue weighted by atomic mass is 10.0. The van der Waals surface area contributed by atoms with E-state index in [1.807, 2.05) is 6.07 Å². The minimum Gasteiger partial charge on any atom is -0.481 e. The van der Waals surface area contributed by atoms with Gasteiger partial charge >= 0.3 is 23.9 Å². The molecular formula is C40H55IN6O18. The number of carbonyl (C=O) groups is 11. The summed E-state index contributed by atoms with van der Waals surface area (Å²) >= 11 is 2.07. The van der Waals surface area contributed by atoms with Crippen LogP contribution in [0.25, 0.3) is 0 Å². The van der Waals surface area contributed by atoms with Gasteiger partial charge < -0.3 is 61.3 Å². The maximum absolute atomic E-state index is 13.5. The first kappa shape index (κ1) is 55.3. The quantitative estimate of drug-likeness (QED) is 0.0235. The molecule has 360 valence electrons. The number of carboxylic acids is 3. The van der Waals surface area contributed by atoms with Gasteiger partial charge in [-0.2, -0.15) is 0 Å². The molecule has 1 aromatic rings. The van der Waals surface area contributed by atoms with Gasteiger partial charge in [0.25, 0.3) is 17.7 Å². The van der Waals surface area contributed by atoms with E-state index in [1.165, 1.54) is 0 Å². The standard InChI is InChI=1S/C40H55IN6O18/c41-25-6-3-5-24(23-25)36(57)42-17-2-1-7-29(40(61)62)46-39(60)28(10-14-34(54)55)45-37(58)26(8-4-18-48)44-38(59)27(9-13-33(52)53)43-30(49)15-19-63-21-22-64-20-16-35(56)65-47-31(50)11-12-32(47)51/h3,5-6,23,26-29,48H,1-2,4,7-22H2,(H,42,57)(H,43,49)(H,44,59)(H,45,58)(H,46,60)(H,52,53)(H,54,55)(H,61,62)/t26-,27-,28-,29-/m1/s1. The molecular weight excluding hydrogens is 979 g/mol. The first-order valence-electron chi connectivity index (χ1n) is 20.6. The number of benzene rings is 1. The van der Waals surface area contributed by atoms with Gasteiger partial charge in [-0.3, -0.25) is 43.2 Å². The van der Waals surface area contributed by atoms with E-state index in [2.05, 4.69) is 49.2 Å². The van der Waals surface area contributed by atoms with Crippen molar-refractivity contribution in [1.82, 2.24) is 31.6 Å². The van der Waals surface area contributed by atoms with Gasteiger partial charge in [0.1, 0.15) is 24.2 Å². The Morgan fingerprint density at radius 2 is 1.17 bits per heavy atom. The lowest BCUT2D eigenvalue weighted by molar-refractivity contribution is -0.198. The molecule has 0 spiro atoms. The number of carboxylic acid groups (broad SMARTS) is 3. The van der Waals surface area contributed by atoms with E-state index < -0.39 is 116 Å². The van der Waals surface area contributed by atoms with Gasteiger partial charge in [-0.05, 0) is 85.7 Å². The smallest absolute Gasteiger partial charge is 0.335 e. The molecule has 1 aliphatic rings. The van der Waals surface area contributed by atoms with E-state index in [9.17, 15) is 73.2 Å². The molecule has 0 radical (unpaired) electrons. The molecule has 1 aromatic carbocycles. The van der Waals surface area contributed by atoms with Crippen LogP contribution < -0.4 is 26.6 Å². The van der Waals surface area contributed by atoms with Crippen molar-refractivity contribution in [1.29, 1.82) is 0 Å². The third-order valence-electron chi connectivity index (χ3n) is 9.26. The topological polar surface area (TPSA) is 360 Å². The number of aliphatic hydroxyl groups excluding tert-OH is 1. The molecule has 1 heterocycles. The summed E-state index contributed by atoms with van der Waals surface area (Å²) in [6.45, 7) is -0.602. The SMILES string of the molecule is O=C(O)CC[C@@H](NC(=O)CCOCCOCCC(=O)ON1C(=O)CCC1=O)C(=O)N[C@H](CCCO)C(=O)N[C@H](CCC(=O)O)C(=O)N[C@H](CCCCNC(=O)c1cccc(I)c1)C(=O)O. The van der Waals surface area contributed by atoms with Crippen LogP contribution in [-0.4, -0.2) is 154 Å². The van der Waals surface area contributed by atoms with E-state index in [1.54, 1.807) is 18.2 Å². The van der Waals surface area contributed by atoms with Gasteiger partial charge in [-0.1, -0.05) is 6.07 Å². The number of unbranched alkanes of at least 4 members (excludes halogenated alkanes) is 1. The van der Waals surface area contributed by atoms with E-state index in [-0.39, 0.29) is 90.2 Å². The minimum absolute atomic E-state index is 0.0199. The van der Waals surface area contributed by atoms with Gasteiger partial charge in [-0.25, -0.2) is 9.59 Å². The van der Waals surface area contributed by atoms with Crippen molar-refractivity contribution in [2.24, 2.45) is 0 Å². The second-order valence-electron chi connectivity index (χ2n) is 14.4. The fourth-order valence-electron chi connectivity index (χ4n) is 5.83. The number of hydrogen-bond donors (Lipinski definition) is 9. The summed E-state index contributed by atoms with van der Waals surface area (Å²) in [7, 11) is 0. The molecule has 24 nitrogen and oxygen atoms in total. The monoisotopic (exact) mass is 1030 g/mol. The zero-order valence-electron chi connectivity index (χ0n) is 35.4. The van der Waals surface area contributed by atoms with Gasteiger partial charge in [-0.15, -0.1) is 5.06 Å². The summed E-state index contributed by atoms with van der Waals surface area (Å²) in [6.07, 6.45) is -2.59. The number of halogens is 1. The molecule has 4 atom stereocenters. The number of ether oxygens (including phenoxy) is 2. The van der Waals surface area contributed by atoms with Crippen LogP contribution in [0.5, 0.6) is 0 Å². The van der Waals surface area contributed by atoms with Crippen LogP contribution in [0.1, 0.15) is 93.8 Å². The predicted octanol–water partition coefficient (Wildman–Crippen LogP) is -0.862. The largest absolute Gasteiger partial charge is 0.481 e. The molecule has 1 fully saturated rings. The van der Waals surface area contributed by atoms with Crippen LogP contribution in [0.15, 0.2) is 24.3 Å². The van der Waals surface area contributed by atoms with Gasteiger partial charge in [0.05, 0.1) is 32.8 Å². The average molecular weight is 1030 g/mol. The zero-order chi connectivity index (χ0) is 48.3. The first-order valence-corrected chi connectivity index (χ1v) is 21.7. The van der Waals surface area contributed by atoms with Crippen LogP contribution in [0, 0.1) is 3.57 Å². The van der Waals surface area contributed by atoms with Crippen LogP contribution in [0.4, 0.5) is 0 Å². The van der Waals surface area contributed by atoms with Crippen LogP contribution in [0.2, 0.25) is 0 Å². The average Bonchev–Trinajstić information content (AvgIpc) is 3.56. The molecule has 25 heteroatoms. The second-order valence-corrected chi connectivity index (χ2v) is 15.7. The Bertz CT molecular complexity index is 1830. The predicted molar refractivity (Wildman–Crippen MR) is 229 cm³/mol. The summed E-state index contributed by atoms with van der Waals surface area (Å²) in [5.74, 6) is -10.3. The summed E-state index contributed by atoms with van der Waals surface area (Å²) in [5, 5.41) is 50.4. The van der Waals surface area contributed by atoms with Crippen molar-refractivity contribution in [2.75, 3.05) is 39.6 Å². The molecule has 2 rings (SSSR count). The van der Waals surface area contributed by atoms with E-state index in [0.29, 0.717) is 17.0 Å². The first-order chi connectivity index (χ1) is 30.9. The normalized spacial score (nSPS) is 14.0. The Morgan fingerprint density at radius 1 is 0.646 bits per heavy atom. The number of hydroxylamine groups is 2. The molecule has 0 unspecified atom stereocenters. The number of aliphatic carboxylic acids is 3. The highest BCUT2D eigenvalue weighted by atomic mass is 127. The van der Waals surface area contributed by atoms with Crippen molar-refractivity contribution in [2.45, 2.75) is 108 Å². The van der Waals surface area contributed by atoms with Crippen molar-refractivity contribution < 1.29 is 87.5 Å². The summed E-state index contributed by atoms with van der Waals surface area (Å²) in [5.41, 5.74) is 0.445. The zero-order valence-corrected chi connectivity index (χ0v) is 37.5. The fraction of sp³-hybridized carbons (Fsp3) is 0.575. The minimum atomic E-state index is -1.61. The summed E-state index contributed by atoms with van der Waals surface area (Å²) < 4.78 is 11.4. The highest BCUT2D eigenvalue weighted by Gasteiger charge is 2.33. The number of imide groups is 1. The molecule has 1 aliphatic heterocycles. The highest BCUT2D eigenvalue weighted by molar-refractivity contribution is 14.1. The maximum atomic E-state index is 13.5. The van der Waals surface area contributed by atoms with Crippen LogP contribution in [0.3, 0.4) is 0 Å². The van der Waals surface area contributed by atoms with Crippen molar-refractivity contribution >= 4 is 87.8 Å². The third-order valence-corrected chi connectivity index (χ3v) is 9.93. The molecule has 7 amide bonds. The Hall–Kier alpha value is -5.80. The van der Waals surface area contributed by atoms with Crippen molar-refractivity contribution in [3.63, 3.8) is 0 Å². The number of carbonyl (C=O) groups excluding carboxylic acids is 8. The second kappa shape index (κ2) is 30.4. The van der Waals surface area contributed by atoms with Gasteiger partial charge in [0.15, 0.2) is 0 Å². The van der Waals surface area contributed by atoms with E-state index in [4.69, 9.17) is 14.3 Å². The Labute approximate surface area is 386 Å². The van der Waals surface area contributed by atoms with Crippen LogP contribution in [-0.2, 0) is 62.3 Å². The van der Waals surface area contributed by atoms with Gasteiger partial charge in [0.2, 0.25) is 23.6 Å². The Kier molecular flexibility index (Phi) is 25.8. The maximum Gasteiger partial charge on any atom is 0.335 e. The van der Waals surface area contributed by atoms with Crippen LogP contribution >= 0.6 is 22.6 Å². The number of rotatable bonds is 33. The molecule has 9 N–H and O–H groups in total. The number of amides is 7. The Balaban J connectivity index is 1.94. The molecule has 0 aliphatic carbocycles. The van der Waals surface area contributed by atoms with Crippen molar-refractivity contribution in [3.05, 3.63) is 33.4 Å². The summed E-state index contributed by atoms with van der Waals surface area (Å²) in [4.78, 5) is 140. The number of nitrogens with one attached hydrogen (secondary N) is 5. The Morgan fingerprint density at radius 3 is 1.71 bits per heavy atom. The number of nitrogens with zero attached hydrogens (tertiary/aromatic N) is 1. The summed E-state index contributed by atoms with van der Waals surface area (Å²) in [6, 6.07) is 0.816. The van der Waals surface area contributed by atoms with E-state index in [0.717, 1.165) is 3.57 Å².